The normalized spacial score (nSPS) is 10.9. The predicted octanol–water partition coefficient (Wildman–Crippen LogP) is 6.06. The lowest BCUT2D eigenvalue weighted by atomic mass is 10.2. The number of aromatic nitrogens is 1. The number of nitro benzene ring substituents is 1. The molecule has 0 saturated heterocycles. The third kappa shape index (κ3) is 6.90. The Bertz CT molecular complexity index is 1390. The van der Waals surface area contributed by atoms with Gasteiger partial charge in [0.25, 0.3) is 5.69 Å². The number of rotatable bonds is 10. The number of halogens is 1. The summed E-state index contributed by atoms with van der Waals surface area (Å²) in [5.74, 6) is 0.439. The van der Waals surface area contributed by atoms with Crippen LogP contribution in [0, 0.1) is 10.1 Å². The molecule has 0 atom stereocenters. The Labute approximate surface area is 222 Å². The molecule has 9 nitrogen and oxygen atoms in total. The maximum atomic E-state index is 12.5. The van der Waals surface area contributed by atoms with E-state index in [9.17, 15) is 14.9 Å². The number of hydrogen-bond acceptors (Lipinski definition) is 8. The van der Waals surface area contributed by atoms with Gasteiger partial charge in [0.15, 0.2) is 5.13 Å². The fourth-order valence-corrected chi connectivity index (χ4v) is 4.38. The number of thiazole rings is 1. The van der Waals surface area contributed by atoms with Crippen molar-refractivity contribution in [3.05, 3.63) is 98.9 Å². The SMILES string of the molecule is COc1ccc(N(CCC(=O)N/N=C/c2ccc([N+](=O)[O-])cc2)c2nc(-c3ccc(Cl)cc3)cs2)cc1. The molecule has 188 valence electrons. The number of amides is 1. The number of anilines is 2. The second-order valence-electron chi connectivity index (χ2n) is 7.76. The Hall–Kier alpha value is -4.28. The first-order valence-electron chi connectivity index (χ1n) is 11.1. The highest BCUT2D eigenvalue weighted by atomic mass is 35.5. The monoisotopic (exact) mass is 535 g/mol. The lowest BCUT2D eigenvalue weighted by Gasteiger charge is -2.22. The number of methoxy groups -OCH3 is 1. The maximum Gasteiger partial charge on any atom is 0.269 e. The molecule has 1 N–H and O–H groups in total. The van der Waals surface area contributed by atoms with E-state index in [1.807, 2.05) is 58.8 Å². The van der Waals surface area contributed by atoms with E-state index in [4.69, 9.17) is 21.3 Å². The van der Waals surface area contributed by atoms with E-state index < -0.39 is 4.92 Å². The third-order valence-corrected chi connectivity index (χ3v) is 6.43. The Kier molecular flexibility index (Phi) is 8.44. The smallest absolute Gasteiger partial charge is 0.269 e. The van der Waals surface area contributed by atoms with Crippen molar-refractivity contribution in [3.8, 4) is 17.0 Å². The van der Waals surface area contributed by atoms with Gasteiger partial charge < -0.3 is 9.64 Å². The Morgan fingerprint density at radius 2 is 1.84 bits per heavy atom. The van der Waals surface area contributed by atoms with Gasteiger partial charge in [-0.2, -0.15) is 5.10 Å². The summed E-state index contributed by atoms with van der Waals surface area (Å²) in [7, 11) is 1.60. The molecule has 11 heteroatoms. The van der Waals surface area contributed by atoms with Crippen LogP contribution in [0.2, 0.25) is 5.02 Å². The lowest BCUT2D eigenvalue weighted by Crippen LogP contribution is -2.26. The molecule has 0 fully saturated rings. The number of carbonyl (C=O) groups excluding carboxylic acids is 1. The first-order valence-corrected chi connectivity index (χ1v) is 12.4. The average molecular weight is 536 g/mol. The van der Waals surface area contributed by atoms with Crippen LogP contribution in [0.15, 0.2) is 83.3 Å². The molecule has 0 aliphatic carbocycles. The van der Waals surface area contributed by atoms with Gasteiger partial charge in [0.05, 0.1) is 23.9 Å². The quantitative estimate of drug-likeness (QED) is 0.150. The number of ether oxygens (including phenoxy) is 1. The topological polar surface area (TPSA) is 110 Å². The van der Waals surface area contributed by atoms with Crippen LogP contribution in [0.5, 0.6) is 5.75 Å². The number of nitrogens with zero attached hydrogens (tertiary/aromatic N) is 4. The van der Waals surface area contributed by atoms with Crippen molar-refractivity contribution >= 4 is 51.6 Å². The number of nitrogens with one attached hydrogen (secondary N) is 1. The molecular formula is C26H22ClN5O4S. The highest BCUT2D eigenvalue weighted by molar-refractivity contribution is 7.14. The fraction of sp³-hybridized carbons (Fsp3) is 0.115. The number of non-ortho nitro benzene ring substituents is 1. The van der Waals surface area contributed by atoms with E-state index in [2.05, 4.69) is 10.5 Å². The van der Waals surface area contributed by atoms with Gasteiger partial charge >= 0.3 is 0 Å². The maximum absolute atomic E-state index is 12.5. The van der Waals surface area contributed by atoms with Gasteiger partial charge in [-0.3, -0.25) is 14.9 Å². The molecule has 1 heterocycles. The van der Waals surface area contributed by atoms with E-state index in [0.29, 0.717) is 17.1 Å². The number of carbonyl (C=O) groups is 1. The molecule has 0 radical (unpaired) electrons. The second-order valence-corrected chi connectivity index (χ2v) is 9.04. The minimum Gasteiger partial charge on any atom is -0.497 e. The van der Waals surface area contributed by atoms with Gasteiger partial charge in [0, 0.05) is 46.8 Å². The summed E-state index contributed by atoms with van der Waals surface area (Å²) in [6.07, 6.45) is 1.58. The molecule has 4 aromatic rings. The lowest BCUT2D eigenvalue weighted by molar-refractivity contribution is -0.384. The zero-order valence-electron chi connectivity index (χ0n) is 19.7. The molecule has 4 rings (SSSR count). The van der Waals surface area contributed by atoms with Crippen LogP contribution in [0.1, 0.15) is 12.0 Å². The third-order valence-electron chi connectivity index (χ3n) is 5.32. The summed E-state index contributed by atoms with van der Waals surface area (Å²) >= 11 is 7.48. The molecule has 0 spiro atoms. The van der Waals surface area contributed by atoms with Crippen molar-refractivity contribution in [1.29, 1.82) is 0 Å². The molecule has 0 aliphatic rings. The zero-order valence-corrected chi connectivity index (χ0v) is 21.3. The number of benzene rings is 3. The van der Waals surface area contributed by atoms with Crippen LogP contribution in [-0.2, 0) is 4.79 Å². The van der Waals surface area contributed by atoms with E-state index in [-0.39, 0.29) is 18.0 Å². The van der Waals surface area contributed by atoms with E-state index >= 15 is 0 Å². The molecule has 0 aliphatic heterocycles. The highest BCUT2D eigenvalue weighted by Gasteiger charge is 2.16. The molecule has 3 aromatic carbocycles. The van der Waals surface area contributed by atoms with Crippen molar-refractivity contribution in [2.75, 3.05) is 18.6 Å². The molecule has 0 unspecified atom stereocenters. The number of hydrogen-bond donors (Lipinski definition) is 1. The van der Waals surface area contributed by atoms with Crippen molar-refractivity contribution in [3.63, 3.8) is 0 Å². The van der Waals surface area contributed by atoms with Crippen LogP contribution in [0.4, 0.5) is 16.5 Å². The molecule has 0 saturated carbocycles. The largest absolute Gasteiger partial charge is 0.497 e. The summed E-state index contributed by atoms with van der Waals surface area (Å²) in [6.45, 7) is 0.360. The Morgan fingerprint density at radius 1 is 1.14 bits per heavy atom. The zero-order chi connectivity index (χ0) is 26.2. The van der Waals surface area contributed by atoms with Crippen LogP contribution in [-0.4, -0.2) is 35.7 Å². The molecule has 0 bridgehead atoms. The molecule has 1 amide bonds. The first kappa shape index (κ1) is 25.8. The van der Waals surface area contributed by atoms with Crippen LogP contribution >= 0.6 is 22.9 Å². The summed E-state index contributed by atoms with van der Waals surface area (Å²) in [6, 6.07) is 20.8. The van der Waals surface area contributed by atoms with Gasteiger partial charge in [-0.25, -0.2) is 10.4 Å². The standard InChI is InChI=1S/C26H22ClN5O4S/c1-36-23-12-10-21(11-13-23)31(26-29-24(17-37-26)19-4-6-20(27)7-5-19)15-14-25(33)30-28-16-18-2-8-22(9-3-18)32(34)35/h2-13,16-17H,14-15H2,1H3,(H,30,33)/b28-16+. The summed E-state index contributed by atoms with van der Waals surface area (Å²) in [5.41, 5.74) is 5.73. The second kappa shape index (κ2) is 12.1. The number of nitro groups is 1. The van der Waals surface area contributed by atoms with Crippen molar-refractivity contribution in [1.82, 2.24) is 10.4 Å². The molecular weight excluding hydrogens is 514 g/mol. The fourth-order valence-electron chi connectivity index (χ4n) is 3.37. The van der Waals surface area contributed by atoms with E-state index in [0.717, 1.165) is 27.8 Å². The summed E-state index contributed by atoms with van der Waals surface area (Å²) < 4.78 is 5.27. The van der Waals surface area contributed by atoms with Gasteiger partial charge in [-0.15, -0.1) is 11.3 Å². The van der Waals surface area contributed by atoms with Crippen molar-refractivity contribution in [2.24, 2.45) is 5.10 Å². The Morgan fingerprint density at radius 3 is 2.49 bits per heavy atom. The van der Waals surface area contributed by atoms with Crippen molar-refractivity contribution < 1.29 is 14.5 Å². The van der Waals surface area contributed by atoms with E-state index in [1.165, 1.54) is 29.7 Å². The summed E-state index contributed by atoms with van der Waals surface area (Å²) in [4.78, 5) is 29.6. The Balaban J connectivity index is 1.45. The first-order chi connectivity index (χ1) is 17.9. The summed E-state index contributed by atoms with van der Waals surface area (Å²) in [5, 5.41) is 18.1. The van der Waals surface area contributed by atoms with Crippen LogP contribution in [0.25, 0.3) is 11.3 Å². The van der Waals surface area contributed by atoms with Gasteiger partial charge in [-0.1, -0.05) is 23.7 Å². The van der Waals surface area contributed by atoms with E-state index in [1.54, 1.807) is 19.2 Å². The minimum atomic E-state index is -0.474. The van der Waals surface area contributed by atoms with Crippen molar-refractivity contribution in [2.45, 2.75) is 6.42 Å². The number of hydrazone groups is 1. The average Bonchev–Trinajstić information content (AvgIpc) is 3.40. The van der Waals surface area contributed by atoms with Gasteiger partial charge in [0.1, 0.15) is 5.75 Å². The van der Waals surface area contributed by atoms with Crippen LogP contribution < -0.4 is 15.1 Å². The van der Waals surface area contributed by atoms with Gasteiger partial charge in [0.2, 0.25) is 5.91 Å². The highest BCUT2D eigenvalue weighted by Crippen LogP contribution is 2.33. The van der Waals surface area contributed by atoms with Gasteiger partial charge in [-0.05, 0) is 54.1 Å². The molecule has 37 heavy (non-hydrogen) atoms. The minimum absolute atomic E-state index is 0.0128. The predicted molar refractivity (Wildman–Crippen MR) is 146 cm³/mol. The van der Waals surface area contributed by atoms with Crippen LogP contribution in [0.3, 0.4) is 0 Å². The molecule has 1 aromatic heterocycles.